The Hall–Kier alpha value is -2.23. The molecule has 1 aliphatic heterocycles. The van der Waals surface area contributed by atoms with Gasteiger partial charge in [0.15, 0.2) is 0 Å². The van der Waals surface area contributed by atoms with E-state index in [1.165, 1.54) is 11.8 Å². The number of thioether (sulfide) groups is 1. The summed E-state index contributed by atoms with van der Waals surface area (Å²) in [6.45, 7) is 2.91. The third-order valence-electron chi connectivity index (χ3n) is 4.38. The number of benzene rings is 1. The molecule has 1 N–H and O–H groups in total. The molecule has 0 radical (unpaired) electrons. The van der Waals surface area contributed by atoms with Crippen LogP contribution in [0.4, 0.5) is 0 Å². The Labute approximate surface area is 189 Å². The number of thiocarbonyl (C=S) groups is 1. The van der Waals surface area contributed by atoms with Crippen molar-refractivity contribution >= 4 is 57.6 Å². The quantitative estimate of drug-likeness (QED) is 0.306. The van der Waals surface area contributed by atoms with Gasteiger partial charge in [0.2, 0.25) is 0 Å². The number of carbonyl (C=O) groups is 2. The number of ether oxygens (including phenoxy) is 1. The minimum atomic E-state index is -0.793. The number of carboxylic acids is 1. The van der Waals surface area contributed by atoms with Crippen molar-refractivity contribution in [2.45, 2.75) is 39.2 Å². The summed E-state index contributed by atoms with van der Waals surface area (Å²) in [4.78, 5) is 29.8. The maximum absolute atomic E-state index is 12.6. The van der Waals surface area contributed by atoms with E-state index in [0.29, 0.717) is 28.8 Å². The molecule has 1 saturated heterocycles. The van der Waals surface area contributed by atoms with Crippen LogP contribution in [0.15, 0.2) is 34.6 Å². The molecule has 2 aromatic rings. The van der Waals surface area contributed by atoms with Crippen molar-refractivity contribution in [3.05, 3.63) is 50.8 Å². The van der Waals surface area contributed by atoms with Crippen molar-refractivity contribution in [1.82, 2.24) is 9.88 Å². The van der Waals surface area contributed by atoms with Gasteiger partial charge >= 0.3 is 5.97 Å². The van der Waals surface area contributed by atoms with E-state index in [9.17, 15) is 9.59 Å². The SMILES string of the molecule is Cc1nc(COc2ccc(/C=C3\SC(=S)N(CCCCCC(=O)O)C3=O)cc2)cs1. The third kappa shape index (κ3) is 6.38. The summed E-state index contributed by atoms with van der Waals surface area (Å²) in [7, 11) is 0. The van der Waals surface area contributed by atoms with Crippen LogP contribution in [-0.2, 0) is 16.2 Å². The average molecular weight is 463 g/mol. The summed E-state index contributed by atoms with van der Waals surface area (Å²) in [5.74, 6) is -0.146. The smallest absolute Gasteiger partial charge is 0.303 e. The Morgan fingerprint density at radius 3 is 2.70 bits per heavy atom. The topological polar surface area (TPSA) is 79.7 Å². The second-order valence-electron chi connectivity index (χ2n) is 6.75. The van der Waals surface area contributed by atoms with Gasteiger partial charge in [-0.25, -0.2) is 4.98 Å². The molecule has 1 aromatic carbocycles. The number of aryl methyl sites for hydroxylation is 1. The molecule has 1 amide bonds. The number of hydrogen-bond donors (Lipinski definition) is 1. The molecule has 0 saturated carbocycles. The van der Waals surface area contributed by atoms with E-state index in [0.717, 1.165) is 34.9 Å². The molecule has 1 aromatic heterocycles. The van der Waals surface area contributed by atoms with Crippen LogP contribution in [-0.4, -0.2) is 37.7 Å². The van der Waals surface area contributed by atoms with E-state index in [1.54, 1.807) is 16.2 Å². The van der Waals surface area contributed by atoms with Crippen LogP contribution in [0.1, 0.15) is 41.9 Å². The minimum absolute atomic E-state index is 0.0949. The molecule has 1 fully saturated rings. The van der Waals surface area contributed by atoms with Gasteiger partial charge in [0.25, 0.3) is 5.91 Å². The Bertz CT molecular complexity index is 953. The fourth-order valence-corrected chi connectivity index (χ4v) is 4.77. The molecule has 158 valence electrons. The first-order valence-corrected chi connectivity index (χ1v) is 11.6. The van der Waals surface area contributed by atoms with Crippen LogP contribution in [0.5, 0.6) is 5.75 Å². The lowest BCUT2D eigenvalue weighted by atomic mass is 10.2. The predicted molar refractivity (Wildman–Crippen MR) is 124 cm³/mol. The molecule has 0 unspecified atom stereocenters. The standard InChI is InChI=1S/C21H22N2O4S3/c1-14-22-16(13-29-14)12-27-17-8-6-15(7-9-17)11-18-20(26)23(21(28)30-18)10-4-2-3-5-19(24)25/h6-9,11,13H,2-5,10,12H2,1H3,(H,24,25)/b18-11-. The van der Waals surface area contributed by atoms with E-state index < -0.39 is 5.97 Å². The van der Waals surface area contributed by atoms with E-state index in [1.807, 2.05) is 42.6 Å². The summed E-state index contributed by atoms with van der Waals surface area (Å²) >= 11 is 8.23. The van der Waals surface area contributed by atoms with Gasteiger partial charge in [-0.3, -0.25) is 14.5 Å². The monoisotopic (exact) mass is 462 g/mol. The molecule has 0 aliphatic carbocycles. The van der Waals surface area contributed by atoms with Crippen LogP contribution < -0.4 is 4.74 Å². The molecule has 30 heavy (non-hydrogen) atoms. The normalized spacial score (nSPS) is 15.2. The van der Waals surface area contributed by atoms with Crippen molar-refractivity contribution < 1.29 is 19.4 Å². The number of aliphatic carboxylic acids is 1. The molecule has 6 nitrogen and oxygen atoms in total. The molecular formula is C21H22N2O4S3. The number of thiazole rings is 1. The van der Waals surface area contributed by atoms with Gasteiger partial charge < -0.3 is 9.84 Å². The van der Waals surface area contributed by atoms with E-state index in [2.05, 4.69) is 4.98 Å². The van der Waals surface area contributed by atoms with Crippen molar-refractivity contribution in [1.29, 1.82) is 0 Å². The van der Waals surface area contributed by atoms with Crippen LogP contribution in [0.25, 0.3) is 6.08 Å². The molecule has 0 spiro atoms. The Morgan fingerprint density at radius 1 is 1.27 bits per heavy atom. The Morgan fingerprint density at radius 2 is 2.03 bits per heavy atom. The molecule has 0 bridgehead atoms. The first kappa shape index (κ1) is 22.5. The van der Waals surface area contributed by atoms with E-state index in [4.69, 9.17) is 22.1 Å². The van der Waals surface area contributed by atoms with Crippen molar-refractivity contribution in [3.8, 4) is 5.75 Å². The third-order valence-corrected chi connectivity index (χ3v) is 6.58. The van der Waals surface area contributed by atoms with Crippen molar-refractivity contribution in [2.75, 3.05) is 6.54 Å². The largest absolute Gasteiger partial charge is 0.487 e. The highest BCUT2D eigenvalue weighted by atomic mass is 32.2. The zero-order valence-corrected chi connectivity index (χ0v) is 18.9. The lowest BCUT2D eigenvalue weighted by Gasteiger charge is -2.13. The molecule has 3 rings (SSSR count). The first-order valence-electron chi connectivity index (χ1n) is 9.53. The molecule has 0 atom stereocenters. The number of carboxylic acid groups (broad SMARTS) is 1. The number of aromatic nitrogens is 1. The van der Waals surface area contributed by atoms with Crippen molar-refractivity contribution in [3.63, 3.8) is 0 Å². The van der Waals surface area contributed by atoms with Gasteiger partial charge in [0, 0.05) is 18.3 Å². The fraction of sp³-hybridized carbons (Fsp3) is 0.333. The van der Waals surface area contributed by atoms with Gasteiger partial charge in [0.1, 0.15) is 16.7 Å². The highest BCUT2D eigenvalue weighted by molar-refractivity contribution is 8.26. The number of nitrogens with zero attached hydrogens (tertiary/aromatic N) is 2. The van der Waals surface area contributed by atoms with Gasteiger partial charge in [-0.05, 0) is 43.5 Å². The zero-order valence-electron chi connectivity index (χ0n) is 16.5. The summed E-state index contributed by atoms with van der Waals surface area (Å²) in [6.07, 6.45) is 4.08. The maximum atomic E-state index is 12.6. The van der Waals surface area contributed by atoms with Gasteiger partial charge in [-0.2, -0.15) is 0 Å². The fourth-order valence-electron chi connectivity index (χ4n) is 2.86. The highest BCUT2D eigenvalue weighted by Gasteiger charge is 2.31. The summed E-state index contributed by atoms with van der Waals surface area (Å²) in [6, 6.07) is 7.54. The van der Waals surface area contributed by atoms with Crippen LogP contribution in [0.3, 0.4) is 0 Å². The van der Waals surface area contributed by atoms with Gasteiger partial charge in [0.05, 0.1) is 15.6 Å². The van der Waals surface area contributed by atoms with E-state index in [-0.39, 0.29) is 12.3 Å². The molecule has 9 heteroatoms. The van der Waals surface area contributed by atoms with Gasteiger partial charge in [-0.1, -0.05) is 42.5 Å². The number of amides is 1. The maximum Gasteiger partial charge on any atom is 0.303 e. The van der Waals surface area contributed by atoms with Crippen LogP contribution in [0, 0.1) is 6.92 Å². The number of carbonyl (C=O) groups excluding carboxylic acids is 1. The number of unbranched alkanes of at least 4 members (excludes halogenated alkanes) is 2. The summed E-state index contributed by atoms with van der Waals surface area (Å²) in [5.41, 5.74) is 1.81. The number of rotatable bonds is 10. The molecule has 2 heterocycles. The van der Waals surface area contributed by atoms with Crippen molar-refractivity contribution in [2.24, 2.45) is 0 Å². The Balaban J connectivity index is 1.52. The highest BCUT2D eigenvalue weighted by Crippen LogP contribution is 2.33. The lowest BCUT2D eigenvalue weighted by molar-refractivity contribution is -0.137. The minimum Gasteiger partial charge on any atom is -0.487 e. The summed E-state index contributed by atoms with van der Waals surface area (Å²) < 4.78 is 6.29. The lowest BCUT2D eigenvalue weighted by Crippen LogP contribution is -2.29. The second-order valence-corrected chi connectivity index (χ2v) is 9.49. The zero-order chi connectivity index (χ0) is 21.5. The predicted octanol–water partition coefficient (Wildman–Crippen LogP) is 4.88. The summed E-state index contributed by atoms with van der Waals surface area (Å²) in [5, 5.41) is 11.7. The Kier molecular flexibility index (Phi) is 8.01. The first-order chi connectivity index (χ1) is 14.4. The van der Waals surface area contributed by atoms with Crippen LogP contribution >= 0.6 is 35.3 Å². The van der Waals surface area contributed by atoms with Crippen LogP contribution in [0.2, 0.25) is 0 Å². The number of hydrogen-bond acceptors (Lipinski definition) is 7. The molecule has 1 aliphatic rings. The van der Waals surface area contributed by atoms with E-state index >= 15 is 0 Å². The van der Waals surface area contributed by atoms with Gasteiger partial charge in [-0.15, -0.1) is 11.3 Å². The molecular weight excluding hydrogens is 440 g/mol. The second kappa shape index (κ2) is 10.7. The average Bonchev–Trinajstić information content (AvgIpc) is 3.24.